The van der Waals surface area contributed by atoms with E-state index in [4.69, 9.17) is 0 Å². The van der Waals surface area contributed by atoms with E-state index >= 15 is 0 Å². The average Bonchev–Trinajstić information content (AvgIpc) is 3.55. The molecule has 6 nitrogen and oxygen atoms in total. The standard InChI is InChI=1S/C21H23N5O/c27-20-11-19(16-5-6-16)24-14-26(20)12-15-7-9-25(10-8-15)21-17-3-1-2-4-18(17)22-13-23-21/h1-4,11,13-16H,5-10,12H2. The van der Waals surface area contributed by atoms with E-state index in [0.717, 1.165) is 54.9 Å². The average molecular weight is 361 g/mol. The summed E-state index contributed by atoms with van der Waals surface area (Å²) >= 11 is 0. The van der Waals surface area contributed by atoms with Crippen LogP contribution in [0.3, 0.4) is 0 Å². The molecule has 0 unspecified atom stereocenters. The first-order chi connectivity index (χ1) is 13.3. The predicted octanol–water partition coefficient (Wildman–Crippen LogP) is 2.98. The molecule has 1 saturated carbocycles. The lowest BCUT2D eigenvalue weighted by Gasteiger charge is -2.33. The number of nitrogens with zero attached hydrogens (tertiary/aromatic N) is 5. The number of para-hydroxylation sites is 1. The van der Waals surface area contributed by atoms with Crippen molar-refractivity contribution in [2.75, 3.05) is 18.0 Å². The van der Waals surface area contributed by atoms with Gasteiger partial charge in [0.15, 0.2) is 0 Å². The van der Waals surface area contributed by atoms with Crippen molar-refractivity contribution in [2.24, 2.45) is 5.92 Å². The Hall–Kier alpha value is -2.76. The minimum Gasteiger partial charge on any atom is -0.356 e. The summed E-state index contributed by atoms with van der Waals surface area (Å²) in [5, 5.41) is 1.11. The van der Waals surface area contributed by atoms with Crippen LogP contribution in [0.1, 0.15) is 37.3 Å². The van der Waals surface area contributed by atoms with Crippen molar-refractivity contribution in [3.63, 3.8) is 0 Å². The van der Waals surface area contributed by atoms with Crippen LogP contribution in [0.5, 0.6) is 0 Å². The predicted molar refractivity (Wildman–Crippen MR) is 105 cm³/mol. The molecule has 3 heterocycles. The van der Waals surface area contributed by atoms with Crippen LogP contribution in [0.15, 0.2) is 47.8 Å². The van der Waals surface area contributed by atoms with Crippen molar-refractivity contribution in [1.82, 2.24) is 19.5 Å². The van der Waals surface area contributed by atoms with E-state index in [1.165, 1.54) is 12.8 Å². The van der Waals surface area contributed by atoms with Crippen LogP contribution in [-0.2, 0) is 6.54 Å². The molecule has 5 rings (SSSR count). The summed E-state index contributed by atoms with van der Waals surface area (Å²) < 4.78 is 1.78. The van der Waals surface area contributed by atoms with E-state index in [0.29, 0.717) is 11.8 Å². The van der Waals surface area contributed by atoms with E-state index in [9.17, 15) is 4.79 Å². The van der Waals surface area contributed by atoms with Gasteiger partial charge in [0, 0.05) is 37.0 Å². The lowest BCUT2D eigenvalue weighted by molar-refractivity contribution is 0.350. The molecule has 138 valence electrons. The van der Waals surface area contributed by atoms with Gasteiger partial charge in [-0.3, -0.25) is 9.36 Å². The third-order valence-electron chi connectivity index (χ3n) is 5.79. The molecule has 1 saturated heterocycles. The quantitative estimate of drug-likeness (QED) is 0.715. The van der Waals surface area contributed by atoms with Crippen LogP contribution < -0.4 is 10.5 Å². The summed E-state index contributed by atoms with van der Waals surface area (Å²) in [7, 11) is 0. The van der Waals surface area contributed by atoms with Crippen molar-refractivity contribution in [1.29, 1.82) is 0 Å². The Morgan fingerprint density at radius 1 is 1.00 bits per heavy atom. The summed E-state index contributed by atoms with van der Waals surface area (Å²) in [5.74, 6) is 2.05. The van der Waals surface area contributed by atoms with Gasteiger partial charge in [-0.15, -0.1) is 0 Å². The lowest BCUT2D eigenvalue weighted by atomic mass is 9.96. The molecule has 1 aromatic carbocycles. The smallest absolute Gasteiger partial charge is 0.253 e. The fraction of sp³-hybridized carbons (Fsp3) is 0.429. The summed E-state index contributed by atoms with van der Waals surface area (Å²) in [6, 6.07) is 9.89. The van der Waals surface area contributed by atoms with E-state index in [-0.39, 0.29) is 5.56 Å². The highest BCUT2D eigenvalue weighted by Gasteiger charge is 2.26. The van der Waals surface area contributed by atoms with Crippen molar-refractivity contribution in [3.05, 3.63) is 59.0 Å². The number of aromatic nitrogens is 4. The van der Waals surface area contributed by atoms with Crippen LogP contribution in [0.4, 0.5) is 5.82 Å². The highest BCUT2D eigenvalue weighted by molar-refractivity contribution is 5.89. The summed E-state index contributed by atoms with van der Waals surface area (Å²) in [4.78, 5) is 28.1. The number of piperidine rings is 1. The van der Waals surface area contributed by atoms with Crippen molar-refractivity contribution < 1.29 is 0 Å². The Balaban J connectivity index is 1.27. The van der Waals surface area contributed by atoms with E-state index in [1.807, 2.05) is 18.2 Å². The molecule has 0 bridgehead atoms. The van der Waals surface area contributed by atoms with Crippen molar-refractivity contribution >= 4 is 16.7 Å². The zero-order chi connectivity index (χ0) is 18.2. The number of fused-ring (bicyclic) bond motifs is 1. The maximum absolute atomic E-state index is 12.4. The van der Waals surface area contributed by atoms with Crippen molar-refractivity contribution in [2.45, 2.75) is 38.1 Å². The molecular formula is C21H23N5O. The van der Waals surface area contributed by atoms with E-state index in [1.54, 1.807) is 23.3 Å². The molecule has 2 aromatic heterocycles. The first-order valence-electron chi connectivity index (χ1n) is 9.79. The van der Waals surface area contributed by atoms with Gasteiger partial charge < -0.3 is 4.90 Å². The second-order valence-corrected chi connectivity index (χ2v) is 7.72. The number of benzene rings is 1. The minimum atomic E-state index is 0.0936. The fourth-order valence-electron chi connectivity index (χ4n) is 4.03. The van der Waals surface area contributed by atoms with Crippen LogP contribution >= 0.6 is 0 Å². The SMILES string of the molecule is O=c1cc(C2CC2)ncn1CC1CCN(c2ncnc3ccccc23)CC1. The molecule has 2 aliphatic rings. The number of hydrogen-bond acceptors (Lipinski definition) is 5. The molecular weight excluding hydrogens is 338 g/mol. The highest BCUT2D eigenvalue weighted by Crippen LogP contribution is 2.38. The molecule has 6 heteroatoms. The van der Waals surface area contributed by atoms with Gasteiger partial charge in [-0.25, -0.2) is 15.0 Å². The number of rotatable bonds is 4. The van der Waals surface area contributed by atoms with Crippen LogP contribution in [0, 0.1) is 5.92 Å². The number of hydrogen-bond donors (Lipinski definition) is 0. The molecule has 1 aliphatic heterocycles. The Labute approximate surface area is 157 Å². The van der Waals surface area contributed by atoms with Gasteiger partial charge in [-0.2, -0.15) is 0 Å². The van der Waals surface area contributed by atoms with Crippen LogP contribution in [0.2, 0.25) is 0 Å². The zero-order valence-electron chi connectivity index (χ0n) is 15.3. The molecule has 0 atom stereocenters. The van der Waals surface area contributed by atoms with E-state index < -0.39 is 0 Å². The molecule has 3 aromatic rings. The van der Waals surface area contributed by atoms with Gasteiger partial charge in [0.25, 0.3) is 5.56 Å². The summed E-state index contributed by atoms with van der Waals surface area (Å²) in [6.07, 6.45) is 7.85. The van der Waals surface area contributed by atoms with Gasteiger partial charge >= 0.3 is 0 Å². The van der Waals surface area contributed by atoms with Crippen molar-refractivity contribution in [3.8, 4) is 0 Å². The second kappa shape index (κ2) is 6.76. The summed E-state index contributed by atoms with van der Waals surface area (Å²) in [6.45, 7) is 2.66. The lowest BCUT2D eigenvalue weighted by Crippen LogP contribution is -2.37. The molecule has 27 heavy (non-hydrogen) atoms. The Morgan fingerprint density at radius 2 is 1.81 bits per heavy atom. The van der Waals surface area contributed by atoms with Gasteiger partial charge in [-0.1, -0.05) is 12.1 Å². The van der Waals surface area contributed by atoms with Gasteiger partial charge in [0.2, 0.25) is 0 Å². The Bertz CT molecular complexity index is 1010. The van der Waals surface area contributed by atoms with Gasteiger partial charge in [0.1, 0.15) is 12.1 Å². The van der Waals surface area contributed by atoms with Gasteiger partial charge in [-0.05, 0) is 43.7 Å². The normalized spacial score (nSPS) is 18.1. The highest BCUT2D eigenvalue weighted by atomic mass is 16.1. The monoisotopic (exact) mass is 361 g/mol. The van der Waals surface area contributed by atoms with Crippen LogP contribution in [0.25, 0.3) is 10.9 Å². The fourth-order valence-corrected chi connectivity index (χ4v) is 4.03. The third kappa shape index (κ3) is 3.31. The molecule has 0 N–H and O–H groups in total. The first kappa shape index (κ1) is 16.4. The van der Waals surface area contributed by atoms with E-state index in [2.05, 4.69) is 25.9 Å². The summed E-state index contributed by atoms with van der Waals surface area (Å²) in [5.41, 5.74) is 2.05. The molecule has 0 spiro atoms. The minimum absolute atomic E-state index is 0.0936. The maximum Gasteiger partial charge on any atom is 0.253 e. The Kier molecular flexibility index (Phi) is 4.11. The van der Waals surface area contributed by atoms with Gasteiger partial charge in [0.05, 0.1) is 17.5 Å². The topological polar surface area (TPSA) is 63.9 Å². The zero-order valence-corrected chi connectivity index (χ0v) is 15.3. The number of anilines is 1. The Morgan fingerprint density at radius 3 is 2.59 bits per heavy atom. The molecule has 2 fully saturated rings. The molecule has 0 amide bonds. The first-order valence-corrected chi connectivity index (χ1v) is 9.79. The largest absolute Gasteiger partial charge is 0.356 e. The van der Waals surface area contributed by atoms with Crippen LogP contribution in [-0.4, -0.2) is 32.6 Å². The second-order valence-electron chi connectivity index (χ2n) is 7.72. The third-order valence-corrected chi connectivity index (χ3v) is 5.79. The maximum atomic E-state index is 12.4. The molecule has 1 aliphatic carbocycles. The molecule has 0 radical (unpaired) electrons.